The fraction of sp³-hybridized carbons (Fsp3) is 0.476. The zero-order chi connectivity index (χ0) is 27.5. The number of carboxylic acid groups (broad SMARTS) is 1. The van der Waals surface area contributed by atoms with Gasteiger partial charge in [0.25, 0.3) is 11.8 Å². The first kappa shape index (κ1) is 27.1. The van der Waals surface area contributed by atoms with Crippen LogP contribution >= 0.6 is 35.1 Å². The first-order valence-electron chi connectivity index (χ1n) is 11.9. The van der Waals surface area contributed by atoms with Crippen molar-refractivity contribution in [1.29, 1.82) is 0 Å². The molecule has 0 radical (unpaired) electrons. The number of nitrogens with one attached hydrogen (secondary N) is 1. The van der Waals surface area contributed by atoms with Crippen LogP contribution < -0.4 is 11.1 Å². The van der Waals surface area contributed by atoms with Crippen molar-refractivity contribution in [3.05, 3.63) is 29.7 Å². The van der Waals surface area contributed by atoms with Crippen LogP contribution in [0.25, 0.3) is 0 Å². The van der Waals surface area contributed by atoms with Gasteiger partial charge in [-0.05, 0) is 41.7 Å². The molecule has 1 saturated carbocycles. The number of hydrogen-bond donors (Lipinski definition) is 3. The molecule has 18 heteroatoms. The molecule has 4 N–H and O–H groups in total. The Morgan fingerprint density at radius 2 is 2.15 bits per heavy atom. The van der Waals surface area contributed by atoms with Crippen molar-refractivity contribution in [3.8, 4) is 0 Å². The Bertz CT molecular complexity index is 1350. The van der Waals surface area contributed by atoms with Gasteiger partial charge in [0.05, 0.1) is 6.54 Å². The number of aliphatic carboxylic acids is 1. The summed E-state index contributed by atoms with van der Waals surface area (Å²) >= 11 is 3.52. The number of aromatic nitrogens is 6. The summed E-state index contributed by atoms with van der Waals surface area (Å²) in [6.07, 6.45) is 5.22. The number of amides is 2. The molecule has 2 aliphatic heterocycles. The Balaban J connectivity index is 1.30. The minimum absolute atomic E-state index is 0.00264. The molecule has 2 amide bonds. The molecular formula is C21H24N10O5S3. The van der Waals surface area contributed by atoms with E-state index in [2.05, 4.69) is 41.9 Å². The van der Waals surface area contributed by atoms with Gasteiger partial charge in [-0.25, -0.2) is 9.48 Å². The van der Waals surface area contributed by atoms with Gasteiger partial charge in [0.15, 0.2) is 5.13 Å². The lowest BCUT2D eigenvalue weighted by molar-refractivity contribution is -0.150. The quantitative estimate of drug-likeness (QED) is 0.107. The minimum Gasteiger partial charge on any atom is -0.477 e. The third kappa shape index (κ3) is 5.62. The highest BCUT2D eigenvalue weighted by Gasteiger charge is 2.54. The van der Waals surface area contributed by atoms with Crippen LogP contribution in [0, 0.1) is 0 Å². The minimum atomic E-state index is -1.23. The normalized spacial score (nSPS) is 21.5. The number of fused-ring (bicyclic) bond motifs is 1. The van der Waals surface area contributed by atoms with Crippen molar-refractivity contribution in [3.63, 3.8) is 0 Å². The molecule has 2 aromatic rings. The number of tetrazole rings is 1. The van der Waals surface area contributed by atoms with Crippen LogP contribution in [-0.4, -0.2) is 92.1 Å². The van der Waals surface area contributed by atoms with E-state index in [1.807, 2.05) is 0 Å². The average Bonchev–Trinajstić information content (AvgIpc) is 3.69. The third-order valence-corrected chi connectivity index (χ3v) is 9.10. The summed E-state index contributed by atoms with van der Waals surface area (Å²) in [4.78, 5) is 49.3. The SMILES string of the molecule is C=CCn1nnnc1SCC1=C(C(=O)O)N2C(=O)C(NC(=O)/C(=N\OC3CCCC3)c3nsc(N)n3)[C@H]2SC1. The van der Waals surface area contributed by atoms with Crippen LogP contribution in [-0.2, 0) is 25.8 Å². The van der Waals surface area contributed by atoms with Gasteiger partial charge in [0.2, 0.25) is 16.7 Å². The zero-order valence-electron chi connectivity index (χ0n) is 20.4. The summed E-state index contributed by atoms with van der Waals surface area (Å²) in [7, 11) is 0. The molecule has 2 atom stereocenters. The smallest absolute Gasteiger partial charge is 0.352 e. The Kier molecular flexibility index (Phi) is 8.12. The van der Waals surface area contributed by atoms with Crippen LogP contribution in [0.2, 0.25) is 0 Å². The molecule has 0 aromatic carbocycles. The predicted octanol–water partition coefficient (Wildman–Crippen LogP) is 0.487. The summed E-state index contributed by atoms with van der Waals surface area (Å²) in [5, 5.41) is 28.1. The fourth-order valence-electron chi connectivity index (χ4n) is 4.33. The summed E-state index contributed by atoms with van der Waals surface area (Å²) in [6, 6.07) is -0.960. The molecule has 2 fully saturated rings. The zero-order valence-corrected chi connectivity index (χ0v) is 22.9. The summed E-state index contributed by atoms with van der Waals surface area (Å²) in [5.74, 6) is -1.87. The highest BCUT2D eigenvalue weighted by molar-refractivity contribution is 8.01. The second-order valence-electron chi connectivity index (χ2n) is 8.75. The number of thioether (sulfide) groups is 2. The van der Waals surface area contributed by atoms with Gasteiger partial charge in [-0.1, -0.05) is 23.0 Å². The number of allylic oxidation sites excluding steroid dienone is 1. The number of carboxylic acids is 1. The molecule has 206 valence electrons. The number of nitrogens with two attached hydrogens (primary N) is 1. The van der Waals surface area contributed by atoms with Crippen molar-refractivity contribution in [2.75, 3.05) is 17.2 Å². The Morgan fingerprint density at radius 1 is 1.36 bits per heavy atom. The number of hydrogen-bond acceptors (Lipinski definition) is 14. The van der Waals surface area contributed by atoms with E-state index in [0.29, 0.717) is 23.0 Å². The third-order valence-electron chi connectivity index (χ3n) is 6.18. The Labute approximate surface area is 234 Å². The van der Waals surface area contributed by atoms with Crippen LogP contribution in [0.5, 0.6) is 0 Å². The lowest BCUT2D eigenvalue weighted by Gasteiger charge is -2.49. The van der Waals surface area contributed by atoms with Crippen LogP contribution in [0.15, 0.2) is 34.2 Å². The second kappa shape index (κ2) is 11.7. The van der Waals surface area contributed by atoms with Crippen molar-refractivity contribution in [2.24, 2.45) is 5.16 Å². The topological polar surface area (TPSA) is 204 Å². The van der Waals surface area contributed by atoms with E-state index in [-0.39, 0.29) is 34.2 Å². The maximum atomic E-state index is 13.2. The largest absolute Gasteiger partial charge is 0.477 e. The highest BCUT2D eigenvalue weighted by atomic mass is 32.2. The van der Waals surface area contributed by atoms with Gasteiger partial charge < -0.3 is 21.0 Å². The molecule has 1 aliphatic carbocycles. The van der Waals surface area contributed by atoms with E-state index < -0.39 is 29.2 Å². The van der Waals surface area contributed by atoms with Gasteiger partial charge in [0, 0.05) is 23.0 Å². The fourth-order valence-corrected chi connectivity index (χ4v) is 7.13. The average molecular weight is 593 g/mol. The first-order valence-corrected chi connectivity index (χ1v) is 14.7. The number of nitrogen functional groups attached to an aromatic ring is 1. The van der Waals surface area contributed by atoms with Crippen LogP contribution in [0.1, 0.15) is 31.5 Å². The molecular weight excluding hydrogens is 568 g/mol. The van der Waals surface area contributed by atoms with Crippen molar-refractivity contribution in [1.82, 2.24) is 39.8 Å². The van der Waals surface area contributed by atoms with Crippen LogP contribution in [0.3, 0.4) is 0 Å². The maximum Gasteiger partial charge on any atom is 0.352 e. The van der Waals surface area contributed by atoms with E-state index in [9.17, 15) is 19.5 Å². The monoisotopic (exact) mass is 592 g/mol. The van der Waals surface area contributed by atoms with Gasteiger partial charge in [-0.2, -0.15) is 9.36 Å². The summed E-state index contributed by atoms with van der Waals surface area (Å²) in [6.45, 7) is 4.07. The molecule has 3 aliphatic rings. The first-order chi connectivity index (χ1) is 18.9. The molecule has 4 heterocycles. The number of carbonyl (C=O) groups excluding carboxylic acids is 2. The van der Waals surface area contributed by atoms with E-state index in [1.165, 1.54) is 33.1 Å². The molecule has 39 heavy (non-hydrogen) atoms. The molecule has 1 unspecified atom stereocenters. The molecule has 0 bridgehead atoms. The summed E-state index contributed by atoms with van der Waals surface area (Å²) in [5.41, 5.74) is 5.95. The lowest BCUT2D eigenvalue weighted by atomic mass is 10.0. The lowest BCUT2D eigenvalue weighted by Crippen LogP contribution is -2.71. The molecule has 0 spiro atoms. The number of anilines is 1. The van der Waals surface area contributed by atoms with Crippen molar-refractivity contribution in [2.45, 2.75) is 54.9 Å². The van der Waals surface area contributed by atoms with Gasteiger partial charge in [-0.3, -0.25) is 14.5 Å². The van der Waals surface area contributed by atoms with Crippen molar-refractivity contribution < 1.29 is 24.3 Å². The molecule has 2 aromatic heterocycles. The maximum absolute atomic E-state index is 13.2. The van der Waals surface area contributed by atoms with E-state index >= 15 is 0 Å². The van der Waals surface area contributed by atoms with E-state index in [4.69, 9.17) is 10.6 Å². The number of oxime groups is 1. The number of β-lactam (4-membered cyclic amide) rings is 1. The van der Waals surface area contributed by atoms with E-state index in [1.54, 1.807) is 6.08 Å². The molecule has 1 saturated heterocycles. The molecule has 15 nitrogen and oxygen atoms in total. The van der Waals surface area contributed by atoms with E-state index in [0.717, 1.165) is 37.2 Å². The Morgan fingerprint density at radius 3 is 2.85 bits per heavy atom. The standard InChI is InChI=1S/C21H24N10O5S3/c1-2-7-30-21(25-28-29-30)38-9-10-8-37-18-13(17(33)31(18)14(10)19(34)35)23-16(32)12(15-24-20(22)39-27-15)26-36-11-5-3-4-6-11/h2,11,13,18H,1,3-9H2,(H,23,32)(H,34,35)(H2,22,24,27)/b26-12-/t13?,18-/m1/s1. The number of carbonyl (C=O) groups is 3. The molecule has 5 rings (SSSR count). The number of nitrogens with zero attached hydrogens (tertiary/aromatic N) is 8. The van der Waals surface area contributed by atoms with Crippen molar-refractivity contribution >= 4 is 63.7 Å². The van der Waals surface area contributed by atoms with Gasteiger partial charge in [-0.15, -0.1) is 23.4 Å². The summed E-state index contributed by atoms with van der Waals surface area (Å²) < 4.78 is 5.60. The van der Waals surface area contributed by atoms with Gasteiger partial charge >= 0.3 is 5.97 Å². The van der Waals surface area contributed by atoms with Crippen LogP contribution in [0.4, 0.5) is 5.13 Å². The highest BCUT2D eigenvalue weighted by Crippen LogP contribution is 2.41. The van der Waals surface area contributed by atoms with Gasteiger partial charge in [0.1, 0.15) is 23.2 Å². The predicted molar refractivity (Wildman–Crippen MR) is 143 cm³/mol. The Hall–Kier alpha value is -3.51. The second-order valence-corrected chi connectivity index (χ2v) is 11.6. The number of rotatable bonds is 11.